The van der Waals surface area contributed by atoms with E-state index in [1.807, 2.05) is 0 Å². The van der Waals surface area contributed by atoms with Gasteiger partial charge in [-0.3, -0.25) is 0 Å². The van der Waals surface area contributed by atoms with E-state index >= 15 is 0 Å². The maximum atomic E-state index is 2.77. The molecule has 1 heteroatoms. The molecule has 2 rings (SSSR count). The average molecular weight is 251 g/mol. The summed E-state index contributed by atoms with van der Waals surface area (Å²) in [7, 11) is 0. The van der Waals surface area contributed by atoms with E-state index in [9.17, 15) is 0 Å². The Morgan fingerprint density at radius 1 is 0.778 bits per heavy atom. The van der Waals surface area contributed by atoms with Gasteiger partial charge in [0.1, 0.15) is 0 Å². The van der Waals surface area contributed by atoms with E-state index in [2.05, 4.69) is 11.8 Å². The third-order valence-corrected chi connectivity index (χ3v) is 5.13. The van der Waals surface area contributed by atoms with Crippen molar-refractivity contribution >= 4 is 0 Å². The quantitative estimate of drug-likeness (QED) is 0.557. The predicted molar refractivity (Wildman–Crippen MR) is 79.9 cm³/mol. The fourth-order valence-corrected chi connectivity index (χ4v) is 3.98. The lowest BCUT2D eigenvalue weighted by molar-refractivity contribution is 0.299. The van der Waals surface area contributed by atoms with E-state index < -0.39 is 0 Å². The minimum atomic E-state index is 1.07. The monoisotopic (exact) mass is 251 g/mol. The summed E-state index contributed by atoms with van der Waals surface area (Å²) in [6.07, 6.45) is 16.2. The molecule has 0 N–H and O–H groups in total. The third kappa shape index (κ3) is 4.57. The number of hydrogen-bond acceptors (Lipinski definition) is 1. The topological polar surface area (TPSA) is 3.24 Å². The SMILES string of the molecule is CCCCCCCCCN1C[C@H]2CCCC[C@H]2C1. The van der Waals surface area contributed by atoms with Crippen molar-refractivity contribution in [1.29, 1.82) is 0 Å². The zero-order valence-electron chi connectivity index (χ0n) is 12.5. The van der Waals surface area contributed by atoms with Gasteiger partial charge in [-0.1, -0.05) is 58.3 Å². The fraction of sp³-hybridized carbons (Fsp3) is 1.00. The Morgan fingerprint density at radius 2 is 1.33 bits per heavy atom. The van der Waals surface area contributed by atoms with Crippen molar-refractivity contribution < 1.29 is 0 Å². The second-order valence-corrected chi connectivity index (χ2v) is 6.69. The minimum absolute atomic E-state index is 1.07. The molecule has 1 nitrogen and oxygen atoms in total. The molecule has 2 aliphatic rings. The Bertz CT molecular complexity index is 200. The number of hydrogen-bond donors (Lipinski definition) is 0. The largest absolute Gasteiger partial charge is 0.303 e. The van der Waals surface area contributed by atoms with Crippen LogP contribution in [0, 0.1) is 11.8 Å². The molecule has 0 aromatic heterocycles. The van der Waals surface area contributed by atoms with E-state index in [1.165, 1.54) is 90.3 Å². The van der Waals surface area contributed by atoms with Crippen molar-refractivity contribution in [3.63, 3.8) is 0 Å². The van der Waals surface area contributed by atoms with Gasteiger partial charge in [0, 0.05) is 13.1 Å². The Morgan fingerprint density at radius 3 is 1.94 bits per heavy atom. The van der Waals surface area contributed by atoms with Gasteiger partial charge in [-0.05, 0) is 37.6 Å². The summed E-state index contributed by atoms with van der Waals surface area (Å²) >= 11 is 0. The predicted octanol–water partition coefficient (Wildman–Crippen LogP) is 4.86. The van der Waals surface area contributed by atoms with Gasteiger partial charge in [-0.2, -0.15) is 0 Å². The van der Waals surface area contributed by atoms with Crippen molar-refractivity contribution in [2.75, 3.05) is 19.6 Å². The van der Waals surface area contributed by atoms with Crippen LogP contribution in [0.15, 0.2) is 0 Å². The van der Waals surface area contributed by atoms with Crippen LogP contribution in [0.1, 0.15) is 77.6 Å². The van der Waals surface area contributed by atoms with Gasteiger partial charge in [0.05, 0.1) is 0 Å². The van der Waals surface area contributed by atoms with Crippen LogP contribution in [-0.2, 0) is 0 Å². The molecule has 1 saturated heterocycles. The van der Waals surface area contributed by atoms with Crippen LogP contribution < -0.4 is 0 Å². The van der Waals surface area contributed by atoms with E-state index in [1.54, 1.807) is 0 Å². The molecular formula is C17H33N. The standard InChI is InChI=1S/C17H33N/c1-2-3-4-5-6-7-10-13-18-14-16-11-8-9-12-17(16)15-18/h16-17H,2-15H2,1H3/t16-,17+. The summed E-state index contributed by atoms with van der Waals surface area (Å²) in [5.74, 6) is 2.15. The molecule has 0 aromatic rings. The molecular weight excluding hydrogens is 218 g/mol. The van der Waals surface area contributed by atoms with Crippen molar-refractivity contribution in [3.05, 3.63) is 0 Å². The highest BCUT2D eigenvalue weighted by Gasteiger charge is 2.33. The maximum Gasteiger partial charge on any atom is 0.00129 e. The Balaban J connectivity index is 1.47. The highest BCUT2D eigenvalue weighted by molar-refractivity contribution is 4.86. The Kier molecular flexibility index (Phi) is 6.54. The van der Waals surface area contributed by atoms with Gasteiger partial charge in [0.2, 0.25) is 0 Å². The van der Waals surface area contributed by atoms with Crippen molar-refractivity contribution in [3.8, 4) is 0 Å². The molecule has 1 heterocycles. The molecule has 2 atom stereocenters. The first-order valence-electron chi connectivity index (χ1n) is 8.62. The smallest absolute Gasteiger partial charge is 0.00129 e. The zero-order valence-corrected chi connectivity index (χ0v) is 12.5. The first-order chi connectivity index (χ1) is 8.90. The van der Waals surface area contributed by atoms with Gasteiger partial charge >= 0.3 is 0 Å². The van der Waals surface area contributed by atoms with Crippen LogP contribution in [0.3, 0.4) is 0 Å². The molecule has 1 aliphatic heterocycles. The maximum absolute atomic E-state index is 2.77. The third-order valence-electron chi connectivity index (χ3n) is 5.13. The average Bonchev–Trinajstić information content (AvgIpc) is 2.80. The van der Waals surface area contributed by atoms with Crippen LogP contribution in [0.25, 0.3) is 0 Å². The summed E-state index contributed by atoms with van der Waals surface area (Å²) in [4.78, 5) is 2.77. The van der Waals surface area contributed by atoms with Crippen LogP contribution in [0.5, 0.6) is 0 Å². The molecule has 0 aromatic carbocycles. The van der Waals surface area contributed by atoms with Gasteiger partial charge in [-0.15, -0.1) is 0 Å². The number of fused-ring (bicyclic) bond motifs is 1. The molecule has 0 radical (unpaired) electrons. The number of unbranched alkanes of at least 4 members (excludes halogenated alkanes) is 6. The lowest BCUT2D eigenvalue weighted by Gasteiger charge is -2.23. The lowest BCUT2D eigenvalue weighted by atomic mass is 9.82. The van der Waals surface area contributed by atoms with Gasteiger partial charge in [-0.25, -0.2) is 0 Å². The molecule has 0 amide bonds. The Hall–Kier alpha value is -0.0400. The number of nitrogens with zero attached hydrogens (tertiary/aromatic N) is 1. The molecule has 106 valence electrons. The fourth-order valence-electron chi connectivity index (χ4n) is 3.98. The minimum Gasteiger partial charge on any atom is -0.303 e. The van der Waals surface area contributed by atoms with Crippen LogP contribution in [0.4, 0.5) is 0 Å². The molecule has 1 aliphatic carbocycles. The molecule has 18 heavy (non-hydrogen) atoms. The summed E-state index contributed by atoms with van der Waals surface area (Å²) in [6, 6.07) is 0. The zero-order chi connectivity index (χ0) is 12.6. The highest BCUT2D eigenvalue weighted by Crippen LogP contribution is 2.35. The van der Waals surface area contributed by atoms with Gasteiger partial charge in [0.15, 0.2) is 0 Å². The number of rotatable bonds is 8. The van der Waals surface area contributed by atoms with Gasteiger partial charge < -0.3 is 4.90 Å². The second kappa shape index (κ2) is 8.19. The van der Waals surface area contributed by atoms with Crippen LogP contribution in [-0.4, -0.2) is 24.5 Å². The summed E-state index contributed by atoms with van der Waals surface area (Å²) in [5, 5.41) is 0. The molecule has 1 saturated carbocycles. The van der Waals surface area contributed by atoms with E-state index in [0.29, 0.717) is 0 Å². The highest BCUT2D eigenvalue weighted by atomic mass is 15.1. The number of likely N-dealkylation sites (tertiary alicyclic amines) is 1. The normalized spacial score (nSPS) is 28.5. The lowest BCUT2D eigenvalue weighted by Crippen LogP contribution is -2.22. The Labute approximate surface area is 114 Å². The van der Waals surface area contributed by atoms with Crippen molar-refractivity contribution in [1.82, 2.24) is 4.90 Å². The van der Waals surface area contributed by atoms with Crippen LogP contribution in [0.2, 0.25) is 0 Å². The molecule has 0 spiro atoms. The summed E-state index contributed by atoms with van der Waals surface area (Å²) in [5.41, 5.74) is 0. The molecule has 2 fully saturated rings. The first kappa shape index (κ1) is 14.4. The molecule has 0 bridgehead atoms. The molecule has 0 unspecified atom stereocenters. The second-order valence-electron chi connectivity index (χ2n) is 6.69. The summed E-state index contributed by atoms with van der Waals surface area (Å²) < 4.78 is 0. The van der Waals surface area contributed by atoms with Crippen molar-refractivity contribution in [2.24, 2.45) is 11.8 Å². The first-order valence-corrected chi connectivity index (χ1v) is 8.62. The van der Waals surface area contributed by atoms with E-state index in [-0.39, 0.29) is 0 Å². The van der Waals surface area contributed by atoms with E-state index in [4.69, 9.17) is 0 Å². The van der Waals surface area contributed by atoms with E-state index in [0.717, 1.165) is 11.8 Å². The summed E-state index contributed by atoms with van der Waals surface area (Å²) in [6.45, 7) is 6.55. The van der Waals surface area contributed by atoms with Crippen molar-refractivity contribution in [2.45, 2.75) is 77.6 Å². The van der Waals surface area contributed by atoms with Gasteiger partial charge in [0.25, 0.3) is 0 Å². The van der Waals surface area contributed by atoms with Crippen LogP contribution >= 0.6 is 0 Å².